The second-order valence-corrected chi connectivity index (χ2v) is 6.03. The van der Waals surface area contributed by atoms with Crippen molar-refractivity contribution in [3.8, 4) is 0 Å². The van der Waals surface area contributed by atoms with Crippen molar-refractivity contribution >= 4 is 11.7 Å². The highest BCUT2D eigenvalue weighted by Crippen LogP contribution is 2.22. The molecule has 3 heterocycles. The predicted molar refractivity (Wildman–Crippen MR) is 89.0 cm³/mol. The number of hydrogen-bond acceptors (Lipinski definition) is 4. The molecule has 0 spiro atoms. The zero-order valence-electron chi connectivity index (χ0n) is 13.5. The van der Waals surface area contributed by atoms with Gasteiger partial charge in [-0.15, -0.1) is 0 Å². The van der Waals surface area contributed by atoms with Gasteiger partial charge in [0, 0.05) is 51.8 Å². The first kappa shape index (κ1) is 15.5. The zero-order valence-corrected chi connectivity index (χ0v) is 13.5. The lowest BCUT2D eigenvalue weighted by molar-refractivity contribution is -0.134. The number of carbonyl (C=O) groups excluding carboxylic acids is 1. The van der Waals surface area contributed by atoms with Crippen LogP contribution in [0.15, 0.2) is 43.1 Å². The number of amides is 1. The van der Waals surface area contributed by atoms with Gasteiger partial charge in [-0.1, -0.05) is 6.07 Å². The fourth-order valence-electron chi connectivity index (χ4n) is 3.03. The molecule has 0 N–H and O–H groups in total. The Labute approximate surface area is 136 Å². The summed E-state index contributed by atoms with van der Waals surface area (Å²) < 4.78 is 1.99. The molecule has 2 aromatic rings. The van der Waals surface area contributed by atoms with E-state index >= 15 is 0 Å². The Bertz CT molecular complexity index is 613. The molecule has 0 aromatic carbocycles. The van der Waals surface area contributed by atoms with Crippen LogP contribution in [0.25, 0.3) is 0 Å². The van der Waals surface area contributed by atoms with Crippen molar-refractivity contribution in [3.63, 3.8) is 0 Å². The number of anilines is 1. The first-order valence-corrected chi connectivity index (χ1v) is 8.11. The summed E-state index contributed by atoms with van der Waals surface area (Å²) >= 11 is 0. The summed E-state index contributed by atoms with van der Waals surface area (Å²) in [5, 5.41) is 0. The number of hydrogen-bond donors (Lipinski definition) is 0. The van der Waals surface area contributed by atoms with Gasteiger partial charge in [-0.3, -0.25) is 4.79 Å². The maximum Gasteiger partial charge on any atom is 0.227 e. The molecule has 2 aromatic heterocycles. The lowest BCUT2D eigenvalue weighted by atomic mass is 9.96. The van der Waals surface area contributed by atoms with Crippen molar-refractivity contribution in [2.75, 3.05) is 31.6 Å². The molecule has 0 saturated carbocycles. The van der Waals surface area contributed by atoms with E-state index in [2.05, 4.69) is 14.9 Å². The van der Waals surface area contributed by atoms with E-state index in [-0.39, 0.29) is 11.8 Å². The zero-order chi connectivity index (χ0) is 16.1. The van der Waals surface area contributed by atoms with E-state index in [1.807, 2.05) is 40.9 Å². The molecule has 1 aliphatic rings. The number of aromatic nitrogens is 3. The molecule has 6 nitrogen and oxygen atoms in total. The van der Waals surface area contributed by atoms with E-state index in [0.29, 0.717) is 6.54 Å². The molecule has 1 saturated heterocycles. The molecule has 1 amide bonds. The Kier molecular flexibility index (Phi) is 4.90. The van der Waals surface area contributed by atoms with E-state index < -0.39 is 0 Å². The highest BCUT2D eigenvalue weighted by molar-refractivity contribution is 5.79. The topological polar surface area (TPSA) is 54.3 Å². The minimum Gasteiger partial charge on any atom is -0.356 e. The Balaban J connectivity index is 1.56. The molecule has 0 bridgehead atoms. The van der Waals surface area contributed by atoms with Crippen LogP contribution in [0.2, 0.25) is 0 Å². The fourth-order valence-corrected chi connectivity index (χ4v) is 3.03. The minimum absolute atomic E-state index is 0.0542. The lowest BCUT2D eigenvalue weighted by Crippen LogP contribution is -2.44. The van der Waals surface area contributed by atoms with E-state index in [4.69, 9.17) is 0 Å². The van der Waals surface area contributed by atoms with Crippen LogP contribution >= 0.6 is 0 Å². The van der Waals surface area contributed by atoms with E-state index in [1.165, 1.54) is 0 Å². The fraction of sp³-hybridized carbons (Fsp3) is 0.471. The molecule has 1 atom stereocenters. The van der Waals surface area contributed by atoms with Crippen molar-refractivity contribution in [2.45, 2.75) is 19.4 Å². The largest absolute Gasteiger partial charge is 0.356 e. The summed E-state index contributed by atoms with van der Waals surface area (Å²) in [4.78, 5) is 25.2. The van der Waals surface area contributed by atoms with Gasteiger partial charge in [0.2, 0.25) is 5.91 Å². The Morgan fingerprint density at radius 3 is 3.04 bits per heavy atom. The van der Waals surface area contributed by atoms with Crippen LogP contribution in [0, 0.1) is 5.92 Å². The molecule has 0 unspecified atom stereocenters. The number of rotatable bonds is 5. The summed E-state index contributed by atoms with van der Waals surface area (Å²) in [6.07, 6.45) is 9.25. The molecule has 0 radical (unpaired) electrons. The second-order valence-electron chi connectivity index (χ2n) is 6.03. The summed E-state index contributed by atoms with van der Waals surface area (Å²) in [7, 11) is 1.89. The molecular weight excluding hydrogens is 290 g/mol. The number of pyridine rings is 1. The maximum absolute atomic E-state index is 12.7. The Morgan fingerprint density at radius 2 is 2.30 bits per heavy atom. The molecule has 1 fully saturated rings. The molecular formula is C17H23N5O. The second kappa shape index (κ2) is 7.26. The Hall–Kier alpha value is -2.37. The number of piperidine rings is 1. The van der Waals surface area contributed by atoms with Gasteiger partial charge in [0.15, 0.2) is 0 Å². The predicted octanol–water partition coefficient (Wildman–Crippen LogP) is 1.65. The van der Waals surface area contributed by atoms with Crippen molar-refractivity contribution < 1.29 is 4.79 Å². The van der Waals surface area contributed by atoms with E-state index in [0.717, 1.165) is 38.3 Å². The molecule has 6 heteroatoms. The van der Waals surface area contributed by atoms with Crippen LogP contribution in [0.5, 0.6) is 0 Å². The molecule has 122 valence electrons. The maximum atomic E-state index is 12.7. The first-order valence-electron chi connectivity index (χ1n) is 8.11. The summed E-state index contributed by atoms with van der Waals surface area (Å²) in [5.41, 5.74) is 0. The Morgan fingerprint density at radius 1 is 1.39 bits per heavy atom. The number of likely N-dealkylation sites (N-methyl/N-ethyl adjacent to an activating group) is 1. The van der Waals surface area contributed by atoms with Crippen LogP contribution in [-0.4, -0.2) is 52.0 Å². The monoisotopic (exact) mass is 313 g/mol. The van der Waals surface area contributed by atoms with Crippen molar-refractivity contribution in [1.82, 2.24) is 19.4 Å². The molecule has 3 rings (SSSR count). The van der Waals surface area contributed by atoms with E-state index in [1.54, 1.807) is 18.7 Å². The molecule has 0 aliphatic carbocycles. The average Bonchev–Trinajstić information content (AvgIpc) is 3.13. The van der Waals surface area contributed by atoms with Gasteiger partial charge < -0.3 is 14.4 Å². The third kappa shape index (κ3) is 3.88. The molecule has 1 aliphatic heterocycles. The normalized spacial score (nSPS) is 18.0. The number of carbonyl (C=O) groups is 1. The summed E-state index contributed by atoms with van der Waals surface area (Å²) in [6.45, 7) is 3.21. The standard InChI is InChI=1S/C17H23N5O/c1-20(11-12-21-10-8-18-14-21)17(23)15-5-4-9-22(13-15)16-6-2-3-7-19-16/h2-3,6-8,10,14-15H,4-5,9,11-13H2,1H3/t15-/m0/s1. The van der Waals surface area contributed by atoms with Gasteiger partial charge in [0.1, 0.15) is 5.82 Å². The van der Waals surface area contributed by atoms with Crippen LogP contribution in [0.1, 0.15) is 12.8 Å². The van der Waals surface area contributed by atoms with Gasteiger partial charge in [-0.05, 0) is 25.0 Å². The van der Waals surface area contributed by atoms with Crippen molar-refractivity contribution in [3.05, 3.63) is 43.1 Å². The van der Waals surface area contributed by atoms with Crippen LogP contribution in [0.4, 0.5) is 5.82 Å². The number of nitrogens with zero attached hydrogens (tertiary/aromatic N) is 5. The smallest absolute Gasteiger partial charge is 0.227 e. The lowest BCUT2D eigenvalue weighted by Gasteiger charge is -2.34. The van der Waals surface area contributed by atoms with Crippen LogP contribution in [-0.2, 0) is 11.3 Å². The van der Waals surface area contributed by atoms with Gasteiger partial charge in [-0.2, -0.15) is 0 Å². The SMILES string of the molecule is CN(CCn1ccnc1)C(=O)[C@H]1CCCN(c2ccccn2)C1. The van der Waals surface area contributed by atoms with Gasteiger partial charge >= 0.3 is 0 Å². The van der Waals surface area contributed by atoms with E-state index in [9.17, 15) is 4.79 Å². The third-order valence-electron chi connectivity index (χ3n) is 4.37. The molecule has 23 heavy (non-hydrogen) atoms. The number of imidazole rings is 1. The minimum atomic E-state index is 0.0542. The third-order valence-corrected chi connectivity index (χ3v) is 4.37. The first-order chi connectivity index (χ1) is 11.2. The summed E-state index contributed by atoms with van der Waals surface area (Å²) in [5.74, 6) is 1.25. The van der Waals surface area contributed by atoms with Crippen molar-refractivity contribution in [1.29, 1.82) is 0 Å². The van der Waals surface area contributed by atoms with Gasteiger partial charge in [0.05, 0.1) is 12.2 Å². The van der Waals surface area contributed by atoms with Crippen molar-refractivity contribution in [2.24, 2.45) is 5.92 Å². The van der Waals surface area contributed by atoms with Gasteiger partial charge in [0.25, 0.3) is 0 Å². The van der Waals surface area contributed by atoms with Crippen LogP contribution < -0.4 is 4.90 Å². The highest BCUT2D eigenvalue weighted by atomic mass is 16.2. The quantitative estimate of drug-likeness (QED) is 0.842. The highest BCUT2D eigenvalue weighted by Gasteiger charge is 2.28. The average molecular weight is 313 g/mol. The van der Waals surface area contributed by atoms with Gasteiger partial charge in [-0.25, -0.2) is 9.97 Å². The van der Waals surface area contributed by atoms with Crippen LogP contribution in [0.3, 0.4) is 0 Å². The summed E-state index contributed by atoms with van der Waals surface area (Å²) in [6, 6.07) is 5.92.